The summed E-state index contributed by atoms with van der Waals surface area (Å²) in [6.07, 6.45) is 0. The summed E-state index contributed by atoms with van der Waals surface area (Å²) in [6, 6.07) is 8.75. The van der Waals surface area contributed by atoms with Crippen LogP contribution in [0.25, 0.3) is 0 Å². The molecule has 0 heterocycles. The van der Waals surface area contributed by atoms with Crippen LogP contribution in [-0.2, 0) is 10.2 Å². The van der Waals surface area contributed by atoms with Gasteiger partial charge in [0.2, 0.25) is 0 Å². The zero-order valence-electron chi connectivity index (χ0n) is 8.53. The Morgan fingerprint density at radius 1 is 1.13 bits per heavy atom. The lowest BCUT2D eigenvalue weighted by Gasteiger charge is -2.08. The fraction of sp³-hybridized carbons (Fsp3) is 0.333. The van der Waals surface area contributed by atoms with Gasteiger partial charge in [-0.2, -0.15) is 13.1 Å². The lowest BCUT2D eigenvalue weighted by Crippen LogP contribution is -2.34. The van der Waals surface area contributed by atoms with E-state index in [1.165, 1.54) is 0 Å². The SMILES string of the molecule is CNCCNS(=O)(=O)Nc1ccccc1. The Kier molecular flexibility index (Phi) is 4.54. The van der Waals surface area contributed by atoms with E-state index >= 15 is 0 Å². The molecular formula is C9H15N3O2S. The molecule has 0 aliphatic heterocycles. The van der Waals surface area contributed by atoms with Gasteiger partial charge in [-0.1, -0.05) is 18.2 Å². The molecule has 0 amide bonds. The highest BCUT2D eigenvalue weighted by atomic mass is 32.2. The molecule has 0 aliphatic rings. The van der Waals surface area contributed by atoms with Crippen molar-refractivity contribution in [2.45, 2.75) is 0 Å². The van der Waals surface area contributed by atoms with Gasteiger partial charge >= 0.3 is 0 Å². The number of nitrogens with one attached hydrogen (secondary N) is 3. The van der Waals surface area contributed by atoms with Crippen LogP contribution in [0.15, 0.2) is 30.3 Å². The molecule has 0 saturated carbocycles. The maximum Gasteiger partial charge on any atom is 0.299 e. The van der Waals surface area contributed by atoms with E-state index < -0.39 is 10.2 Å². The predicted molar refractivity (Wildman–Crippen MR) is 60.9 cm³/mol. The summed E-state index contributed by atoms with van der Waals surface area (Å²) in [5.74, 6) is 0. The summed E-state index contributed by atoms with van der Waals surface area (Å²) in [7, 11) is -1.68. The first-order valence-electron chi connectivity index (χ1n) is 4.61. The number of likely N-dealkylation sites (N-methyl/N-ethyl adjacent to an activating group) is 1. The van der Waals surface area contributed by atoms with Crippen molar-refractivity contribution in [3.8, 4) is 0 Å². The average molecular weight is 229 g/mol. The first-order valence-corrected chi connectivity index (χ1v) is 6.09. The van der Waals surface area contributed by atoms with Crippen molar-refractivity contribution >= 4 is 15.9 Å². The molecule has 0 radical (unpaired) electrons. The summed E-state index contributed by atoms with van der Waals surface area (Å²) in [4.78, 5) is 0. The quantitative estimate of drug-likeness (QED) is 0.608. The number of hydrogen-bond donors (Lipinski definition) is 3. The molecule has 0 saturated heterocycles. The van der Waals surface area contributed by atoms with Crippen LogP contribution in [0.3, 0.4) is 0 Å². The van der Waals surface area contributed by atoms with E-state index in [-0.39, 0.29) is 0 Å². The van der Waals surface area contributed by atoms with E-state index in [0.717, 1.165) is 0 Å². The fourth-order valence-electron chi connectivity index (χ4n) is 1.01. The highest BCUT2D eigenvalue weighted by molar-refractivity contribution is 7.90. The minimum Gasteiger partial charge on any atom is -0.318 e. The standard InChI is InChI=1S/C9H15N3O2S/c1-10-7-8-11-15(13,14)12-9-5-3-2-4-6-9/h2-6,10-12H,7-8H2,1H3. The van der Waals surface area contributed by atoms with Crippen LogP contribution in [0.4, 0.5) is 5.69 Å². The van der Waals surface area contributed by atoms with Crippen molar-refractivity contribution < 1.29 is 8.42 Å². The molecule has 0 spiro atoms. The third kappa shape index (κ3) is 4.78. The molecule has 5 nitrogen and oxygen atoms in total. The van der Waals surface area contributed by atoms with Crippen molar-refractivity contribution in [2.24, 2.45) is 0 Å². The number of benzene rings is 1. The smallest absolute Gasteiger partial charge is 0.299 e. The summed E-state index contributed by atoms with van der Waals surface area (Å²) in [6.45, 7) is 0.953. The normalized spacial score (nSPS) is 11.3. The fourth-order valence-corrected chi connectivity index (χ4v) is 1.90. The van der Waals surface area contributed by atoms with Gasteiger partial charge < -0.3 is 5.32 Å². The van der Waals surface area contributed by atoms with Crippen LogP contribution >= 0.6 is 0 Å². The van der Waals surface area contributed by atoms with Crippen LogP contribution in [0.1, 0.15) is 0 Å². The second-order valence-corrected chi connectivity index (χ2v) is 4.47. The number of para-hydroxylation sites is 1. The van der Waals surface area contributed by atoms with Gasteiger partial charge in [0.15, 0.2) is 0 Å². The minimum absolute atomic E-state index is 0.360. The predicted octanol–water partition coefficient (Wildman–Crippen LogP) is 0.152. The van der Waals surface area contributed by atoms with Gasteiger partial charge in [0, 0.05) is 18.8 Å². The molecule has 1 rings (SSSR count). The highest BCUT2D eigenvalue weighted by Gasteiger charge is 2.07. The lowest BCUT2D eigenvalue weighted by atomic mass is 10.3. The molecular weight excluding hydrogens is 214 g/mol. The van der Waals surface area contributed by atoms with Crippen LogP contribution < -0.4 is 14.8 Å². The first-order chi connectivity index (χ1) is 7.14. The third-order valence-electron chi connectivity index (χ3n) is 1.69. The number of hydrogen-bond acceptors (Lipinski definition) is 3. The molecule has 0 bridgehead atoms. The average Bonchev–Trinajstić information content (AvgIpc) is 2.18. The molecule has 15 heavy (non-hydrogen) atoms. The Morgan fingerprint density at radius 3 is 2.40 bits per heavy atom. The van der Waals surface area contributed by atoms with Crippen molar-refractivity contribution in [3.05, 3.63) is 30.3 Å². The number of rotatable bonds is 6. The largest absolute Gasteiger partial charge is 0.318 e. The monoisotopic (exact) mass is 229 g/mol. The van der Waals surface area contributed by atoms with E-state index in [2.05, 4.69) is 14.8 Å². The van der Waals surface area contributed by atoms with Crippen LogP contribution in [0, 0.1) is 0 Å². The van der Waals surface area contributed by atoms with Gasteiger partial charge in [-0.3, -0.25) is 4.72 Å². The molecule has 3 N–H and O–H groups in total. The van der Waals surface area contributed by atoms with Gasteiger partial charge in [-0.15, -0.1) is 0 Å². The lowest BCUT2D eigenvalue weighted by molar-refractivity contribution is 0.585. The van der Waals surface area contributed by atoms with Crippen molar-refractivity contribution in [1.82, 2.24) is 10.0 Å². The highest BCUT2D eigenvalue weighted by Crippen LogP contribution is 2.06. The van der Waals surface area contributed by atoms with Gasteiger partial charge in [0.1, 0.15) is 0 Å². The van der Waals surface area contributed by atoms with Crippen LogP contribution in [0.2, 0.25) is 0 Å². The Labute approximate surface area is 90.1 Å². The first kappa shape index (κ1) is 12.0. The Balaban J connectivity index is 2.50. The molecule has 1 aromatic carbocycles. The second-order valence-electron chi connectivity index (χ2n) is 2.97. The Bertz CT molecular complexity index is 378. The Morgan fingerprint density at radius 2 is 1.80 bits per heavy atom. The van der Waals surface area contributed by atoms with E-state index in [4.69, 9.17) is 0 Å². The molecule has 6 heteroatoms. The zero-order valence-corrected chi connectivity index (χ0v) is 9.34. The third-order valence-corrected chi connectivity index (χ3v) is 2.78. The van der Waals surface area contributed by atoms with E-state index in [9.17, 15) is 8.42 Å². The molecule has 0 aliphatic carbocycles. The summed E-state index contributed by atoms with van der Waals surface area (Å²) in [5, 5.41) is 2.85. The molecule has 0 aromatic heterocycles. The maximum atomic E-state index is 11.4. The number of anilines is 1. The van der Waals surface area contributed by atoms with Crippen molar-refractivity contribution in [2.75, 3.05) is 24.9 Å². The van der Waals surface area contributed by atoms with Gasteiger partial charge in [-0.25, -0.2) is 0 Å². The van der Waals surface area contributed by atoms with Crippen LogP contribution in [-0.4, -0.2) is 28.6 Å². The molecule has 1 aromatic rings. The Hall–Kier alpha value is -1.11. The summed E-state index contributed by atoms with van der Waals surface area (Å²) >= 11 is 0. The van der Waals surface area contributed by atoms with Crippen molar-refractivity contribution in [3.63, 3.8) is 0 Å². The summed E-state index contributed by atoms with van der Waals surface area (Å²) < 4.78 is 27.7. The van der Waals surface area contributed by atoms with Gasteiger partial charge in [0.25, 0.3) is 10.2 Å². The van der Waals surface area contributed by atoms with E-state index in [0.29, 0.717) is 18.8 Å². The second kappa shape index (κ2) is 5.69. The summed E-state index contributed by atoms with van der Waals surface area (Å²) in [5.41, 5.74) is 0.550. The van der Waals surface area contributed by atoms with Crippen molar-refractivity contribution in [1.29, 1.82) is 0 Å². The van der Waals surface area contributed by atoms with Gasteiger partial charge in [-0.05, 0) is 19.2 Å². The molecule has 84 valence electrons. The minimum atomic E-state index is -3.45. The molecule has 0 fully saturated rings. The van der Waals surface area contributed by atoms with E-state index in [1.54, 1.807) is 31.3 Å². The van der Waals surface area contributed by atoms with Crippen LogP contribution in [0.5, 0.6) is 0 Å². The topological polar surface area (TPSA) is 70.2 Å². The van der Waals surface area contributed by atoms with Gasteiger partial charge in [0.05, 0.1) is 0 Å². The molecule has 0 atom stereocenters. The molecule has 0 unspecified atom stereocenters. The van der Waals surface area contributed by atoms with E-state index in [1.807, 2.05) is 6.07 Å². The zero-order chi connectivity index (χ0) is 11.1. The maximum absolute atomic E-state index is 11.4.